The van der Waals surface area contributed by atoms with Crippen LogP contribution in [0.2, 0.25) is 0 Å². The van der Waals surface area contributed by atoms with Gasteiger partial charge < -0.3 is 10.1 Å². The maximum Gasteiger partial charge on any atom is 0.235 e. The van der Waals surface area contributed by atoms with Crippen LogP contribution < -0.4 is 10.1 Å². The zero-order chi connectivity index (χ0) is 20.5. The highest BCUT2D eigenvalue weighted by Crippen LogP contribution is 2.44. The summed E-state index contributed by atoms with van der Waals surface area (Å²) < 4.78 is 7.62. The van der Waals surface area contributed by atoms with Crippen molar-refractivity contribution in [2.24, 2.45) is 0 Å². The minimum atomic E-state index is -0.00762. The van der Waals surface area contributed by atoms with Crippen LogP contribution >= 0.6 is 11.8 Å². The van der Waals surface area contributed by atoms with Crippen LogP contribution in [-0.4, -0.2) is 27.5 Å². The summed E-state index contributed by atoms with van der Waals surface area (Å²) in [7, 11) is 0. The van der Waals surface area contributed by atoms with E-state index in [0.717, 1.165) is 34.1 Å². The third-order valence-electron chi connectivity index (χ3n) is 4.84. The molecule has 4 rings (SSSR count). The summed E-state index contributed by atoms with van der Waals surface area (Å²) in [6, 6.07) is 16.3. The Morgan fingerprint density at radius 2 is 1.79 bits per heavy atom. The van der Waals surface area contributed by atoms with Crippen molar-refractivity contribution in [2.45, 2.75) is 39.0 Å². The average Bonchev–Trinajstić information content (AvgIpc) is 2.89. The van der Waals surface area contributed by atoms with Crippen molar-refractivity contribution in [1.82, 2.24) is 9.78 Å². The van der Waals surface area contributed by atoms with Crippen LogP contribution in [0.15, 0.2) is 48.5 Å². The van der Waals surface area contributed by atoms with Crippen LogP contribution in [-0.2, 0) is 4.79 Å². The quantitative estimate of drug-likeness (QED) is 0.657. The van der Waals surface area contributed by atoms with E-state index in [1.165, 1.54) is 5.56 Å². The lowest BCUT2D eigenvalue weighted by atomic mass is 10.0. The van der Waals surface area contributed by atoms with Gasteiger partial charge in [0, 0.05) is 5.56 Å². The number of amides is 1. The van der Waals surface area contributed by atoms with Crippen LogP contribution in [0.4, 0.5) is 5.82 Å². The largest absolute Gasteiger partial charge is 0.491 e. The molecule has 0 unspecified atom stereocenters. The fourth-order valence-corrected chi connectivity index (χ4v) is 4.70. The summed E-state index contributed by atoms with van der Waals surface area (Å²) in [6.45, 7) is 8.09. The predicted octanol–water partition coefficient (Wildman–Crippen LogP) is 5.05. The van der Waals surface area contributed by atoms with Crippen LogP contribution in [0.5, 0.6) is 5.75 Å². The monoisotopic (exact) mass is 407 g/mol. The van der Waals surface area contributed by atoms with E-state index in [-0.39, 0.29) is 17.3 Å². The number of benzene rings is 2. The summed E-state index contributed by atoms with van der Waals surface area (Å²) >= 11 is 1.63. The first-order valence-electron chi connectivity index (χ1n) is 9.77. The number of aromatic nitrogens is 2. The molecule has 0 radical (unpaired) electrons. The molecule has 2 heterocycles. The van der Waals surface area contributed by atoms with E-state index < -0.39 is 0 Å². The molecule has 150 valence electrons. The van der Waals surface area contributed by atoms with Crippen molar-refractivity contribution in [2.75, 3.05) is 11.1 Å². The van der Waals surface area contributed by atoms with Crippen LogP contribution in [0, 0.1) is 13.8 Å². The highest BCUT2D eigenvalue weighted by atomic mass is 32.2. The number of carbonyl (C=O) groups is 1. The number of nitrogens with zero attached hydrogens (tertiary/aromatic N) is 2. The molecule has 0 saturated heterocycles. The first-order chi connectivity index (χ1) is 13.9. The van der Waals surface area contributed by atoms with E-state index >= 15 is 0 Å². The van der Waals surface area contributed by atoms with Gasteiger partial charge in [-0.3, -0.25) is 4.79 Å². The van der Waals surface area contributed by atoms with Crippen molar-refractivity contribution in [1.29, 1.82) is 0 Å². The second-order valence-corrected chi connectivity index (χ2v) is 8.66. The molecule has 1 atom stereocenters. The molecule has 0 spiro atoms. The van der Waals surface area contributed by atoms with Gasteiger partial charge in [0.2, 0.25) is 5.91 Å². The second-order valence-electron chi connectivity index (χ2n) is 7.57. The number of aryl methyl sites for hydroxylation is 2. The lowest BCUT2D eigenvalue weighted by Gasteiger charge is -2.16. The van der Waals surface area contributed by atoms with Crippen LogP contribution in [0.25, 0.3) is 5.69 Å². The number of rotatable bonds is 4. The topological polar surface area (TPSA) is 56.2 Å². The molecule has 1 aromatic heterocycles. The van der Waals surface area contributed by atoms with Crippen LogP contribution in [0.1, 0.15) is 41.5 Å². The Kier molecular flexibility index (Phi) is 5.37. The predicted molar refractivity (Wildman–Crippen MR) is 118 cm³/mol. The third kappa shape index (κ3) is 4.03. The Balaban J connectivity index is 1.77. The fourth-order valence-electron chi connectivity index (χ4n) is 3.51. The number of thioether (sulfide) groups is 1. The SMILES string of the molecule is Cc1ccc(-n2nc(C)c3c2NC(=O)CS[C@H]3c2ccc(OC(C)C)cc2)cc1. The molecule has 1 amide bonds. The normalized spacial score (nSPS) is 16.3. The maximum atomic E-state index is 12.5. The van der Waals surface area contributed by atoms with E-state index in [1.54, 1.807) is 11.8 Å². The molecule has 0 aliphatic carbocycles. The Hall–Kier alpha value is -2.73. The second kappa shape index (κ2) is 7.95. The summed E-state index contributed by atoms with van der Waals surface area (Å²) in [6.07, 6.45) is 0.136. The average molecular weight is 408 g/mol. The Morgan fingerprint density at radius 1 is 1.10 bits per heavy atom. The Bertz CT molecular complexity index is 1020. The van der Waals surface area contributed by atoms with Gasteiger partial charge in [0.15, 0.2) is 0 Å². The fraction of sp³-hybridized carbons (Fsp3) is 0.304. The molecule has 29 heavy (non-hydrogen) atoms. The van der Waals surface area contributed by atoms with E-state index in [1.807, 2.05) is 49.7 Å². The van der Waals surface area contributed by atoms with Gasteiger partial charge in [-0.25, -0.2) is 4.68 Å². The molecule has 0 fully saturated rings. The Morgan fingerprint density at radius 3 is 2.45 bits per heavy atom. The van der Waals surface area contributed by atoms with Crippen molar-refractivity contribution in [3.63, 3.8) is 0 Å². The van der Waals surface area contributed by atoms with Crippen molar-refractivity contribution in [3.8, 4) is 11.4 Å². The van der Waals surface area contributed by atoms with Gasteiger partial charge in [0.25, 0.3) is 0 Å². The molecule has 3 aromatic rings. The number of nitrogens with one attached hydrogen (secondary N) is 1. The number of hydrogen-bond donors (Lipinski definition) is 1. The van der Waals surface area contributed by atoms with E-state index in [0.29, 0.717) is 5.75 Å². The van der Waals surface area contributed by atoms with Crippen molar-refractivity contribution >= 4 is 23.5 Å². The van der Waals surface area contributed by atoms with Gasteiger partial charge in [-0.05, 0) is 57.5 Å². The molecule has 0 saturated carbocycles. The number of carbonyl (C=O) groups excluding carboxylic acids is 1. The van der Waals surface area contributed by atoms with E-state index in [4.69, 9.17) is 9.84 Å². The number of ether oxygens (including phenoxy) is 1. The number of anilines is 1. The smallest absolute Gasteiger partial charge is 0.235 e. The summed E-state index contributed by atoms with van der Waals surface area (Å²) in [5.41, 5.74) is 5.23. The molecule has 6 heteroatoms. The van der Waals surface area contributed by atoms with Crippen LogP contribution in [0.3, 0.4) is 0 Å². The molecule has 1 N–H and O–H groups in total. The van der Waals surface area contributed by atoms with Gasteiger partial charge in [0.05, 0.1) is 28.5 Å². The standard InChI is InChI=1S/C23H25N3O2S/c1-14(2)28-19-11-7-17(8-12-19)22-21-16(4)25-26(18-9-5-15(3)6-10-18)23(21)24-20(27)13-29-22/h5-12,14,22H,13H2,1-4H3,(H,24,27)/t22-/m0/s1. The van der Waals surface area contributed by atoms with Gasteiger partial charge in [-0.15, -0.1) is 11.8 Å². The minimum Gasteiger partial charge on any atom is -0.491 e. The third-order valence-corrected chi connectivity index (χ3v) is 6.11. The molecule has 1 aliphatic heterocycles. The summed E-state index contributed by atoms with van der Waals surface area (Å²) in [5.74, 6) is 2.00. The van der Waals surface area contributed by atoms with Crippen molar-refractivity contribution < 1.29 is 9.53 Å². The highest BCUT2D eigenvalue weighted by molar-refractivity contribution is 8.00. The van der Waals surface area contributed by atoms with Gasteiger partial charge >= 0.3 is 0 Å². The first-order valence-corrected chi connectivity index (χ1v) is 10.8. The molecule has 1 aliphatic rings. The lowest BCUT2D eigenvalue weighted by molar-refractivity contribution is -0.113. The Labute approximate surface area is 175 Å². The van der Waals surface area contributed by atoms with E-state index in [2.05, 4.69) is 36.5 Å². The summed E-state index contributed by atoms with van der Waals surface area (Å²) in [4.78, 5) is 12.5. The molecular weight excluding hydrogens is 382 g/mol. The minimum absolute atomic E-state index is 0.00762. The zero-order valence-electron chi connectivity index (χ0n) is 17.1. The van der Waals surface area contributed by atoms with Gasteiger partial charge in [0.1, 0.15) is 11.6 Å². The van der Waals surface area contributed by atoms with Gasteiger partial charge in [-0.1, -0.05) is 29.8 Å². The zero-order valence-corrected chi connectivity index (χ0v) is 17.9. The van der Waals surface area contributed by atoms with Crippen molar-refractivity contribution in [3.05, 3.63) is 70.9 Å². The molecule has 0 bridgehead atoms. The maximum absolute atomic E-state index is 12.5. The number of hydrogen-bond acceptors (Lipinski definition) is 4. The lowest BCUT2D eigenvalue weighted by Crippen LogP contribution is -2.15. The molecule has 5 nitrogen and oxygen atoms in total. The molecule has 2 aromatic carbocycles. The first kappa shape index (κ1) is 19.6. The number of fused-ring (bicyclic) bond motifs is 1. The van der Waals surface area contributed by atoms with E-state index in [9.17, 15) is 4.79 Å². The van der Waals surface area contributed by atoms with Gasteiger partial charge in [-0.2, -0.15) is 5.10 Å². The molecular formula is C23H25N3O2S. The highest BCUT2D eigenvalue weighted by Gasteiger charge is 2.30. The summed E-state index contributed by atoms with van der Waals surface area (Å²) in [5, 5.41) is 7.87.